The first-order valence-corrected chi connectivity index (χ1v) is 10.8. The third-order valence-electron chi connectivity index (χ3n) is 6.08. The lowest BCUT2D eigenvalue weighted by Crippen LogP contribution is -2.48. The molecule has 160 valence electrons. The van der Waals surface area contributed by atoms with Gasteiger partial charge in [-0.1, -0.05) is 58.2 Å². The van der Waals surface area contributed by atoms with Crippen LogP contribution in [0.5, 0.6) is 0 Å². The normalized spacial score (nSPS) is 17.9. The Morgan fingerprint density at radius 3 is 2.60 bits per heavy atom. The van der Waals surface area contributed by atoms with Gasteiger partial charge in [0.15, 0.2) is 11.5 Å². The van der Waals surface area contributed by atoms with E-state index in [0.29, 0.717) is 10.6 Å². The predicted molar refractivity (Wildman–Crippen MR) is 119 cm³/mol. The van der Waals surface area contributed by atoms with E-state index in [1.54, 1.807) is 12.1 Å². The summed E-state index contributed by atoms with van der Waals surface area (Å²) in [6.45, 7) is 9.52. The van der Waals surface area contributed by atoms with Gasteiger partial charge in [-0.25, -0.2) is 0 Å². The molecule has 3 N–H and O–H groups in total. The molecule has 0 bridgehead atoms. The van der Waals surface area contributed by atoms with Gasteiger partial charge in [0.2, 0.25) is 0 Å². The lowest BCUT2D eigenvalue weighted by molar-refractivity contribution is -0.125. The molecule has 1 spiro atoms. The van der Waals surface area contributed by atoms with Gasteiger partial charge in [-0.05, 0) is 25.0 Å². The number of amides is 1. The molecule has 0 saturated heterocycles. The van der Waals surface area contributed by atoms with Crippen molar-refractivity contribution in [3.05, 3.63) is 40.9 Å². The number of ketones is 1. The van der Waals surface area contributed by atoms with Crippen LogP contribution >= 0.6 is 11.6 Å². The largest absolute Gasteiger partial charge is 0.450 e. The molecular weight excluding hydrogens is 402 g/mol. The Hall–Kier alpha value is -2.47. The number of nitrogens with one attached hydrogen (secondary N) is 3. The predicted octanol–water partition coefficient (Wildman–Crippen LogP) is 5.08. The van der Waals surface area contributed by atoms with Crippen molar-refractivity contribution in [1.82, 2.24) is 10.6 Å². The number of carbonyl (C=O) groups is 2. The van der Waals surface area contributed by atoms with Crippen molar-refractivity contribution in [1.29, 1.82) is 0 Å². The first-order valence-electron chi connectivity index (χ1n) is 10.4. The van der Waals surface area contributed by atoms with Crippen LogP contribution in [-0.4, -0.2) is 18.2 Å². The van der Waals surface area contributed by atoms with E-state index in [4.69, 9.17) is 16.0 Å². The summed E-state index contributed by atoms with van der Waals surface area (Å²) in [4.78, 5) is 24.8. The topological polar surface area (TPSA) is 83.4 Å². The number of hydrogen-bond donors (Lipinski definition) is 3. The number of carbonyl (C=O) groups excluding carboxylic acids is 2. The zero-order chi connectivity index (χ0) is 21.7. The van der Waals surface area contributed by atoms with Crippen LogP contribution < -0.4 is 16.0 Å². The van der Waals surface area contributed by atoms with Crippen LogP contribution in [-0.2, 0) is 10.3 Å². The van der Waals surface area contributed by atoms with Crippen molar-refractivity contribution in [2.24, 2.45) is 5.41 Å². The van der Waals surface area contributed by atoms with Gasteiger partial charge in [-0.3, -0.25) is 9.59 Å². The monoisotopic (exact) mass is 429 g/mol. The number of furan rings is 1. The molecule has 1 aliphatic carbocycles. The molecular formula is C23H28ClN3O3. The molecule has 0 radical (unpaired) electrons. The van der Waals surface area contributed by atoms with Crippen LogP contribution in [0.2, 0.25) is 5.02 Å². The SMILES string of the molecule is C=C1Nc2c(Cl)cc3cc(C(=O)NCC(=O)C(C)(C)C)oc3c2C2(CCCCC2)N1. The number of halogens is 1. The quantitative estimate of drug-likeness (QED) is 0.633. The second kappa shape index (κ2) is 7.34. The number of fused-ring (bicyclic) bond motifs is 4. The fraction of sp³-hybridized carbons (Fsp3) is 0.478. The average molecular weight is 430 g/mol. The zero-order valence-electron chi connectivity index (χ0n) is 17.7. The lowest BCUT2D eigenvalue weighted by Gasteiger charge is -2.44. The summed E-state index contributed by atoms with van der Waals surface area (Å²) in [6, 6.07) is 3.50. The van der Waals surface area contributed by atoms with E-state index in [2.05, 4.69) is 22.5 Å². The highest BCUT2D eigenvalue weighted by atomic mass is 35.5. The molecule has 30 heavy (non-hydrogen) atoms. The average Bonchev–Trinajstić information content (AvgIpc) is 3.09. The van der Waals surface area contributed by atoms with Gasteiger partial charge in [-0.15, -0.1) is 0 Å². The number of hydrogen-bond acceptors (Lipinski definition) is 5. The minimum atomic E-state index is -0.513. The minimum absolute atomic E-state index is 0.0366. The standard InChI is InChI=1S/C23H28ClN3O3/c1-13-26-19-15(24)10-14-11-16(21(29)25-12-17(28)22(2,3)4)30-20(14)18(19)23(27-13)8-6-5-7-9-23/h10-11,26-27H,1,5-9,12H2,2-4H3,(H,25,29). The van der Waals surface area contributed by atoms with Gasteiger partial charge in [0.1, 0.15) is 5.58 Å². The van der Waals surface area contributed by atoms with Crippen LogP contribution in [0.15, 0.2) is 28.9 Å². The van der Waals surface area contributed by atoms with Crippen LogP contribution in [0.25, 0.3) is 11.0 Å². The van der Waals surface area contributed by atoms with Crippen molar-refractivity contribution in [3.63, 3.8) is 0 Å². The third-order valence-corrected chi connectivity index (χ3v) is 6.38. The summed E-state index contributed by atoms with van der Waals surface area (Å²) >= 11 is 6.61. The molecule has 1 aromatic heterocycles. The Morgan fingerprint density at radius 2 is 1.93 bits per heavy atom. The maximum Gasteiger partial charge on any atom is 0.287 e. The Bertz CT molecular complexity index is 1040. The van der Waals surface area contributed by atoms with Crippen LogP contribution in [0.3, 0.4) is 0 Å². The van der Waals surface area contributed by atoms with E-state index in [1.165, 1.54) is 6.42 Å². The lowest BCUT2D eigenvalue weighted by atomic mass is 9.74. The second-order valence-electron chi connectivity index (χ2n) is 9.36. The van der Waals surface area contributed by atoms with Crippen LogP contribution in [0.1, 0.15) is 69.0 Å². The fourth-order valence-electron chi connectivity index (χ4n) is 4.42. The van der Waals surface area contributed by atoms with Crippen molar-refractivity contribution in [2.75, 3.05) is 11.9 Å². The highest BCUT2D eigenvalue weighted by Gasteiger charge is 2.42. The summed E-state index contributed by atoms with van der Waals surface area (Å²) in [6.07, 6.45) is 5.26. The second-order valence-corrected chi connectivity index (χ2v) is 9.77. The van der Waals surface area contributed by atoms with Gasteiger partial charge in [0.25, 0.3) is 5.91 Å². The molecule has 1 saturated carbocycles. The fourth-order valence-corrected chi connectivity index (χ4v) is 4.68. The van der Waals surface area contributed by atoms with Crippen LogP contribution in [0, 0.1) is 5.41 Å². The minimum Gasteiger partial charge on any atom is -0.450 e. The first-order chi connectivity index (χ1) is 14.1. The van der Waals surface area contributed by atoms with Gasteiger partial charge < -0.3 is 20.4 Å². The summed E-state index contributed by atoms with van der Waals surface area (Å²) in [7, 11) is 0. The molecule has 1 amide bonds. The molecule has 4 rings (SSSR count). The van der Waals surface area contributed by atoms with E-state index < -0.39 is 11.3 Å². The molecule has 2 aliphatic rings. The Kier molecular flexibility index (Phi) is 5.09. The summed E-state index contributed by atoms with van der Waals surface area (Å²) in [5, 5.41) is 10.8. The van der Waals surface area contributed by atoms with Crippen molar-refractivity contribution in [3.8, 4) is 0 Å². The van der Waals surface area contributed by atoms with Gasteiger partial charge in [0.05, 0.1) is 28.6 Å². The first kappa shape index (κ1) is 20.8. The Balaban J connectivity index is 1.73. The molecule has 2 aromatic rings. The molecule has 1 aliphatic heterocycles. The van der Waals surface area contributed by atoms with Crippen LogP contribution in [0.4, 0.5) is 5.69 Å². The Labute approximate surface area is 181 Å². The zero-order valence-corrected chi connectivity index (χ0v) is 18.5. The Morgan fingerprint density at radius 1 is 1.23 bits per heavy atom. The van der Waals surface area contributed by atoms with Crippen molar-refractivity contribution < 1.29 is 14.0 Å². The molecule has 1 aromatic carbocycles. The molecule has 0 unspecified atom stereocenters. The van der Waals surface area contributed by atoms with Gasteiger partial charge >= 0.3 is 0 Å². The highest BCUT2D eigenvalue weighted by molar-refractivity contribution is 6.34. The van der Waals surface area contributed by atoms with E-state index in [0.717, 1.165) is 48.1 Å². The van der Waals surface area contributed by atoms with E-state index in [9.17, 15) is 9.59 Å². The highest BCUT2D eigenvalue weighted by Crippen LogP contribution is 2.49. The molecule has 0 atom stereocenters. The molecule has 7 heteroatoms. The number of benzene rings is 1. The smallest absolute Gasteiger partial charge is 0.287 e. The number of rotatable bonds is 3. The number of anilines is 1. The maximum absolute atomic E-state index is 12.7. The molecule has 1 fully saturated rings. The summed E-state index contributed by atoms with van der Waals surface area (Å²) in [5.74, 6) is 0.440. The molecule has 2 heterocycles. The summed E-state index contributed by atoms with van der Waals surface area (Å²) < 4.78 is 6.07. The van der Waals surface area contributed by atoms with E-state index in [1.807, 2.05) is 20.8 Å². The van der Waals surface area contributed by atoms with Crippen molar-refractivity contribution in [2.45, 2.75) is 58.4 Å². The van der Waals surface area contributed by atoms with E-state index in [-0.39, 0.29) is 23.6 Å². The summed E-state index contributed by atoms with van der Waals surface area (Å²) in [5.41, 5.74) is 1.57. The van der Waals surface area contributed by atoms with Gasteiger partial charge in [-0.2, -0.15) is 0 Å². The van der Waals surface area contributed by atoms with E-state index >= 15 is 0 Å². The molecule has 6 nitrogen and oxygen atoms in total. The third kappa shape index (κ3) is 3.58. The number of Topliss-reactive ketones (excluding diaryl/α,β-unsaturated/α-hetero) is 1. The van der Waals surface area contributed by atoms with Gasteiger partial charge in [0, 0.05) is 16.4 Å². The van der Waals surface area contributed by atoms with Crippen molar-refractivity contribution >= 4 is 39.9 Å². The maximum atomic E-state index is 12.7.